The summed E-state index contributed by atoms with van der Waals surface area (Å²) in [6, 6.07) is 0.636. The Bertz CT molecular complexity index is 303. The first kappa shape index (κ1) is 15.7. The molecule has 2 saturated heterocycles. The molecular weight excluding hydrogens is 256 g/mol. The van der Waals surface area contributed by atoms with E-state index < -0.39 is 5.97 Å². The van der Waals surface area contributed by atoms with Gasteiger partial charge in [0.1, 0.15) is 0 Å². The number of nitrogens with zero attached hydrogens (tertiary/aromatic N) is 2. The third-order valence-corrected chi connectivity index (χ3v) is 4.66. The molecule has 2 aliphatic heterocycles. The largest absolute Gasteiger partial charge is 0.481 e. The summed E-state index contributed by atoms with van der Waals surface area (Å²) >= 11 is 0. The van der Waals surface area contributed by atoms with Crippen LogP contribution in [0.2, 0.25) is 0 Å². The molecule has 2 fully saturated rings. The topological polar surface area (TPSA) is 53.0 Å². The molecule has 1 N–H and O–H groups in total. The normalized spacial score (nSPS) is 27.4. The van der Waals surface area contributed by atoms with Gasteiger partial charge in [0, 0.05) is 25.7 Å². The average Bonchev–Trinajstić information content (AvgIpc) is 2.70. The minimum Gasteiger partial charge on any atom is -0.481 e. The molecule has 1 atom stereocenters. The Morgan fingerprint density at radius 1 is 1.15 bits per heavy atom. The molecule has 0 aliphatic carbocycles. The fourth-order valence-corrected chi connectivity index (χ4v) is 3.36. The molecule has 0 radical (unpaired) electrons. The zero-order chi connectivity index (χ0) is 14.4. The standard InChI is InChI=1S/C15H28N2O3/c1-2-20-12-16-8-3-4-14(7-9-16)17-10-5-13(6-11-17)15(18)19/h13-14H,2-12H2,1H3,(H,18,19). The minimum absolute atomic E-state index is 0.119. The molecule has 2 aliphatic rings. The number of aliphatic carboxylic acids is 1. The molecule has 2 heterocycles. The summed E-state index contributed by atoms with van der Waals surface area (Å²) in [5, 5.41) is 9.06. The first-order chi connectivity index (χ1) is 9.70. The Kier molecular flexibility index (Phi) is 6.26. The second kappa shape index (κ2) is 7.96. The number of ether oxygens (including phenoxy) is 1. The van der Waals surface area contributed by atoms with Crippen molar-refractivity contribution < 1.29 is 14.6 Å². The van der Waals surface area contributed by atoms with Crippen molar-refractivity contribution >= 4 is 5.97 Å². The van der Waals surface area contributed by atoms with Gasteiger partial charge in [-0.3, -0.25) is 9.69 Å². The molecule has 0 bridgehead atoms. The Morgan fingerprint density at radius 2 is 1.90 bits per heavy atom. The van der Waals surface area contributed by atoms with Crippen LogP contribution in [0.25, 0.3) is 0 Å². The SMILES string of the molecule is CCOCN1CCCC(N2CCC(C(=O)O)CC2)CC1. The van der Waals surface area contributed by atoms with Gasteiger partial charge in [-0.05, 0) is 52.1 Å². The van der Waals surface area contributed by atoms with Crippen molar-refractivity contribution in [3.63, 3.8) is 0 Å². The van der Waals surface area contributed by atoms with Crippen LogP contribution >= 0.6 is 0 Å². The second-order valence-electron chi connectivity index (χ2n) is 5.97. The molecule has 116 valence electrons. The molecule has 1 unspecified atom stereocenters. The van der Waals surface area contributed by atoms with Crippen LogP contribution in [0.3, 0.4) is 0 Å². The van der Waals surface area contributed by atoms with Crippen molar-refractivity contribution in [2.45, 2.75) is 45.1 Å². The molecule has 0 aromatic heterocycles. The van der Waals surface area contributed by atoms with Crippen molar-refractivity contribution in [1.29, 1.82) is 0 Å². The molecule has 2 rings (SSSR count). The highest BCUT2D eigenvalue weighted by molar-refractivity contribution is 5.70. The zero-order valence-corrected chi connectivity index (χ0v) is 12.6. The highest BCUT2D eigenvalue weighted by atomic mass is 16.5. The highest BCUT2D eigenvalue weighted by Crippen LogP contribution is 2.24. The number of hydrogen-bond acceptors (Lipinski definition) is 4. The second-order valence-corrected chi connectivity index (χ2v) is 5.97. The van der Waals surface area contributed by atoms with Crippen molar-refractivity contribution in [2.75, 3.05) is 39.5 Å². The number of carboxylic acids is 1. The maximum Gasteiger partial charge on any atom is 0.306 e. The van der Waals surface area contributed by atoms with Crippen LogP contribution in [-0.2, 0) is 9.53 Å². The number of rotatable bonds is 5. The molecular formula is C15H28N2O3. The molecule has 0 saturated carbocycles. The zero-order valence-electron chi connectivity index (χ0n) is 12.6. The Morgan fingerprint density at radius 3 is 2.55 bits per heavy atom. The van der Waals surface area contributed by atoms with Crippen molar-refractivity contribution in [2.24, 2.45) is 5.92 Å². The molecule has 0 amide bonds. The lowest BCUT2D eigenvalue weighted by molar-refractivity contribution is -0.143. The van der Waals surface area contributed by atoms with Gasteiger partial charge in [-0.1, -0.05) is 0 Å². The lowest BCUT2D eigenvalue weighted by atomic mass is 9.94. The average molecular weight is 284 g/mol. The van der Waals surface area contributed by atoms with Crippen LogP contribution in [0, 0.1) is 5.92 Å². The Hall–Kier alpha value is -0.650. The van der Waals surface area contributed by atoms with Crippen molar-refractivity contribution in [3.05, 3.63) is 0 Å². The molecule has 5 heteroatoms. The van der Waals surface area contributed by atoms with Gasteiger partial charge in [0.25, 0.3) is 0 Å². The summed E-state index contributed by atoms with van der Waals surface area (Å²) in [4.78, 5) is 15.9. The van der Waals surface area contributed by atoms with Gasteiger partial charge >= 0.3 is 5.97 Å². The number of piperidine rings is 1. The summed E-state index contributed by atoms with van der Waals surface area (Å²) < 4.78 is 5.50. The van der Waals surface area contributed by atoms with Crippen LogP contribution in [0.4, 0.5) is 0 Å². The van der Waals surface area contributed by atoms with Gasteiger partial charge in [-0.2, -0.15) is 0 Å². The summed E-state index contributed by atoms with van der Waals surface area (Å²) in [7, 11) is 0. The monoisotopic (exact) mass is 284 g/mol. The highest BCUT2D eigenvalue weighted by Gasteiger charge is 2.29. The summed E-state index contributed by atoms with van der Waals surface area (Å²) in [5.41, 5.74) is 0. The smallest absolute Gasteiger partial charge is 0.306 e. The fraction of sp³-hybridized carbons (Fsp3) is 0.933. The van der Waals surface area contributed by atoms with Crippen molar-refractivity contribution in [1.82, 2.24) is 9.80 Å². The van der Waals surface area contributed by atoms with Crippen LogP contribution in [-0.4, -0.2) is 66.4 Å². The molecule has 0 spiro atoms. The van der Waals surface area contributed by atoms with E-state index in [9.17, 15) is 4.79 Å². The predicted molar refractivity (Wildman–Crippen MR) is 77.6 cm³/mol. The Balaban J connectivity index is 1.75. The third kappa shape index (κ3) is 4.43. The third-order valence-electron chi connectivity index (χ3n) is 4.66. The number of carbonyl (C=O) groups is 1. The summed E-state index contributed by atoms with van der Waals surface area (Å²) in [6.45, 7) is 7.70. The van der Waals surface area contributed by atoms with Gasteiger partial charge in [-0.15, -0.1) is 0 Å². The van der Waals surface area contributed by atoms with Gasteiger partial charge in [-0.25, -0.2) is 0 Å². The minimum atomic E-state index is -0.617. The summed E-state index contributed by atoms with van der Waals surface area (Å²) in [6.07, 6.45) is 5.27. The van der Waals surface area contributed by atoms with Crippen LogP contribution < -0.4 is 0 Å². The number of likely N-dealkylation sites (tertiary alicyclic amines) is 2. The predicted octanol–water partition coefficient (Wildman–Crippen LogP) is 1.63. The van der Waals surface area contributed by atoms with E-state index in [1.807, 2.05) is 6.92 Å². The maximum atomic E-state index is 11.0. The van der Waals surface area contributed by atoms with E-state index in [1.54, 1.807) is 0 Å². The van der Waals surface area contributed by atoms with E-state index in [0.29, 0.717) is 6.04 Å². The maximum absolute atomic E-state index is 11.0. The molecule has 0 aromatic rings. The van der Waals surface area contributed by atoms with Gasteiger partial charge in [0.2, 0.25) is 0 Å². The van der Waals surface area contributed by atoms with Crippen LogP contribution in [0.5, 0.6) is 0 Å². The first-order valence-corrected chi connectivity index (χ1v) is 7.97. The summed E-state index contributed by atoms with van der Waals surface area (Å²) in [5.74, 6) is -0.736. The number of carboxylic acid groups (broad SMARTS) is 1. The van der Waals surface area contributed by atoms with E-state index in [0.717, 1.165) is 52.4 Å². The number of hydrogen-bond donors (Lipinski definition) is 1. The lowest BCUT2D eigenvalue weighted by Gasteiger charge is -2.36. The fourth-order valence-electron chi connectivity index (χ4n) is 3.36. The Labute approximate surface area is 121 Å². The van der Waals surface area contributed by atoms with Crippen LogP contribution in [0.15, 0.2) is 0 Å². The van der Waals surface area contributed by atoms with E-state index in [-0.39, 0.29) is 5.92 Å². The lowest BCUT2D eigenvalue weighted by Crippen LogP contribution is -2.43. The van der Waals surface area contributed by atoms with Gasteiger partial charge < -0.3 is 14.7 Å². The van der Waals surface area contributed by atoms with Gasteiger partial charge in [0.05, 0.1) is 12.6 Å². The van der Waals surface area contributed by atoms with E-state index >= 15 is 0 Å². The first-order valence-electron chi connectivity index (χ1n) is 7.97. The molecule has 20 heavy (non-hydrogen) atoms. The van der Waals surface area contributed by atoms with Crippen LogP contribution in [0.1, 0.15) is 39.0 Å². The van der Waals surface area contributed by atoms with Gasteiger partial charge in [0.15, 0.2) is 0 Å². The molecule has 5 nitrogen and oxygen atoms in total. The molecule has 0 aromatic carbocycles. The quantitative estimate of drug-likeness (QED) is 0.831. The van der Waals surface area contributed by atoms with E-state index in [2.05, 4.69) is 9.80 Å². The van der Waals surface area contributed by atoms with E-state index in [1.165, 1.54) is 19.3 Å². The van der Waals surface area contributed by atoms with E-state index in [4.69, 9.17) is 9.84 Å². The van der Waals surface area contributed by atoms with Crippen molar-refractivity contribution in [3.8, 4) is 0 Å².